The summed E-state index contributed by atoms with van der Waals surface area (Å²) in [6.07, 6.45) is 0. The van der Waals surface area contributed by atoms with Gasteiger partial charge in [0.05, 0.1) is 5.69 Å². The Kier molecular flexibility index (Phi) is 6.16. The molecule has 0 saturated heterocycles. The van der Waals surface area contributed by atoms with Crippen LogP contribution in [-0.4, -0.2) is 0 Å². The van der Waals surface area contributed by atoms with Crippen LogP contribution in [0.25, 0.3) is 85.6 Å². The molecule has 0 aliphatic rings. The third kappa shape index (κ3) is 4.29. The monoisotopic (exact) mass is 667 g/mol. The summed E-state index contributed by atoms with van der Waals surface area (Å²) < 4.78 is 9.20. The Morgan fingerprint density at radius 1 is 0.412 bits per heavy atom. The van der Waals surface area contributed by atoms with Gasteiger partial charge in [0.2, 0.25) is 0 Å². The second-order valence-corrected chi connectivity index (χ2v) is 14.3. The molecule has 11 aromatic rings. The fourth-order valence-corrected chi connectivity index (χ4v) is 9.37. The molecule has 9 aromatic carbocycles. The number of hydrogen-bond donors (Lipinski definition) is 0. The summed E-state index contributed by atoms with van der Waals surface area (Å²) in [6, 6.07) is 63.5. The number of rotatable bonds is 4. The quantitative estimate of drug-likeness (QED) is 0.174. The van der Waals surface area contributed by atoms with Crippen molar-refractivity contribution in [3.63, 3.8) is 0 Å². The number of benzene rings is 9. The van der Waals surface area contributed by atoms with E-state index < -0.39 is 0 Å². The van der Waals surface area contributed by atoms with Gasteiger partial charge in [-0.1, -0.05) is 127 Å². The van der Waals surface area contributed by atoms with Gasteiger partial charge in [0.25, 0.3) is 0 Å². The van der Waals surface area contributed by atoms with Crippen molar-refractivity contribution >= 4 is 103 Å². The lowest BCUT2D eigenvalue weighted by Gasteiger charge is -2.25. The van der Waals surface area contributed by atoms with Gasteiger partial charge in [-0.15, -0.1) is 11.3 Å². The second kappa shape index (κ2) is 11.0. The maximum atomic E-state index is 6.50. The van der Waals surface area contributed by atoms with Gasteiger partial charge in [-0.2, -0.15) is 0 Å². The van der Waals surface area contributed by atoms with Crippen LogP contribution >= 0.6 is 11.3 Å². The van der Waals surface area contributed by atoms with E-state index in [1.54, 1.807) is 0 Å². The third-order valence-corrected chi connectivity index (χ3v) is 11.6. The van der Waals surface area contributed by atoms with Crippen LogP contribution in [0.5, 0.6) is 0 Å². The van der Waals surface area contributed by atoms with Crippen LogP contribution in [0.1, 0.15) is 0 Å². The van der Waals surface area contributed by atoms with Crippen molar-refractivity contribution in [2.45, 2.75) is 0 Å². The van der Waals surface area contributed by atoms with E-state index in [0.717, 1.165) is 39.0 Å². The maximum Gasteiger partial charge on any atom is 0.159 e. The van der Waals surface area contributed by atoms with E-state index in [1.165, 1.54) is 63.6 Å². The molecular weight excluding hydrogens is 639 g/mol. The van der Waals surface area contributed by atoms with Gasteiger partial charge in [-0.05, 0) is 86.6 Å². The third-order valence-electron chi connectivity index (χ3n) is 10.4. The fraction of sp³-hybridized carbons (Fsp3) is 0. The normalized spacial score (nSPS) is 11.9. The summed E-state index contributed by atoms with van der Waals surface area (Å²) in [6.45, 7) is 0. The molecule has 11 rings (SSSR count). The first-order valence-corrected chi connectivity index (χ1v) is 18.2. The average molecular weight is 668 g/mol. The molecule has 238 valence electrons. The predicted molar refractivity (Wildman–Crippen MR) is 219 cm³/mol. The molecule has 0 saturated carbocycles. The first kappa shape index (κ1) is 28.4. The maximum absolute atomic E-state index is 6.50. The second-order valence-electron chi connectivity index (χ2n) is 13.2. The Morgan fingerprint density at radius 3 is 1.90 bits per heavy atom. The van der Waals surface area contributed by atoms with Crippen LogP contribution in [0.3, 0.4) is 0 Å². The van der Waals surface area contributed by atoms with Crippen molar-refractivity contribution in [2.75, 3.05) is 4.90 Å². The number of fused-ring (bicyclic) bond motifs is 13. The van der Waals surface area contributed by atoms with Gasteiger partial charge in [0.15, 0.2) is 5.58 Å². The van der Waals surface area contributed by atoms with Gasteiger partial charge in [-0.25, -0.2) is 0 Å². The summed E-state index contributed by atoms with van der Waals surface area (Å²) >= 11 is 1.91. The topological polar surface area (TPSA) is 16.4 Å². The molecule has 3 heteroatoms. The van der Waals surface area contributed by atoms with Crippen LogP contribution in [0.4, 0.5) is 17.1 Å². The van der Waals surface area contributed by atoms with E-state index in [9.17, 15) is 0 Å². The van der Waals surface area contributed by atoms with Crippen LogP contribution in [0.2, 0.25) is 0 Å². The minimum atomic E-state index is 0.883. The summed E-state index contributed by atoms with van der Waals surface area (Å²) in [4.78, 5) is 2.29. The van der Waals surface area contributed by atoms with E-state index in [1.807, 2.05) is 23.5 Å². The predicted octanol–water partition coefficient (Wildman–Crippen LogP) is 14.6. The van der Waals surface area contributed by atoms with Gasteiger partial charge in [0, 0.05) is 47.7 Å². The number of hydrogen-bond acceptors (Lipinski definition) is 3. The van der Waals surface area contributed by atoms with Crippen LogP contribution in [0, 0.1) is 0 Å². The molecule has 2 nitrogen and oxygen atoms in total. The Bertz CT molecular complexity index is 3140. The number of thiophene rings is 1. The summed E-state index contributed by atoms with van der Waals surface area (Å²) in [7, 11) is 0. The summed E-state index contributed by atoms with van der Waals surface area (Å²) in [5.74, 6) is 0. The zero-order valence-electron chi connectivity index (χ0n) is 27.5. The largest absolute Gasteiger partial charge is 0.454 e. The molecule has 2 heterocycles. The van der Waals surface area contributed by atoms with E-state index in [0.29, 0.717) is 0 Å². The lowest BCUT2D eigenvalue weighted by atomic mass is 9.92. The van der Waals surface area contributed by atoms with Crippen LogP contribution in [-0.2, 0) is 0 Å². The number of furan rings is 1. The molecule has 0 radical (unpaired) electrons. The molecule has 0 amide bonds. The number of anilines is 3. The van der Waals surface area contributed by atoms with Gasteiger partial charge >= 0.3 is 0 Å². The Labute approximate surface area is 298 Å². The van der Waals surface area contributed by atoms with E-state index in [2.05, 4.69) is 169 Å². The molecule has 0 bridgehead atoms. The molecule has 51 heavy (non-hydrogen) atoms. The molecule has 0 spiro atoms. The van der Waals surface area contributed by atoms with Gasteiger partial charge < -0.3 is 9.32 Å². The zero-order chi connectivity index (χ0) is 33.5. The van der Waals surface area contributed by atoms with Crippen molar-refractivity contribution in [1.29, 1.82) is 0 Å². The van der Waals surface area contributed by atoms with Crippen LogP contribution < -0.4 is 4.90 Å². The Morgan fingerprint density at radius 2 is 1.06 bits per heavy atom. The zero-order valence-corrected chi connectivity index (χ0v) is 28.3. The molecule has 0 N–H and O–H groups in total. The van der Waals surface area contributed by atoms with Gasteiger partial charge in [-0.3, -0.25) is 0 Å². The Hall–Kier alpha value is -6.42. The SMILES string of the molecule is c1ccc(N(c2ccc(-c3ccc4c(ccc5c6sc7ccccc7c6c6ccccc6c45)c3)cc2)c2cccc3c2oc2ccccc23)cc1. The fourth-order valence-electron chi connectivity index (χ4n) is 8.13. The summed E-state index contributed by atoms with van der Waals surface area (Å²) in [5, 5.41) is 12.8. The van der Waals surface area contributed by atoms with E-state index in [-0.39, 0.29) is 0 Å². The molecular formula is C48H29NOS. The minimum absolute atomic E-state index is 0.883. The molecule has 0 unspecified atom stereocenters. The smallest absolute Gasteiger partial charge is 0.159 e. The molecule has 0 aliphatic heterocycles. The molecule has 0 atom stereocenters. The van der Waals surface area contributed by atoms with Crippen molar-refractivity contribution in [2.24, 2.45) is 0 Å². The van der Waals surface area contributed by atoms with Crippen molar-refractivity contribution in [3.8, 4) is 11.1 Å². The molecule has 0 fully saturated rings. The van der Waals surface area contributed by atoms with Gasteiger partial charge in [0.1, 0.15) is 5.58 Å². The highest BCUT2D eigenvalue weighted by atomic mass is 32.1. The minimum Gasteiger partial charge on any atom is -0.454 e. The highest BCUT2D eigenvalue weighted by Crippen LogP contribution is 2.46. The standard InChI is InChI=1S/C48H29NOS/c1-2-11-33(12-3-1)49(42-18-10-17-39-36-13-6-8-19-43(36)50-47(39)42)34-25-21-30(22-26-34)31-23-27-35-32(29-31)24-28-41-45(35)37-14-4-5-15-38(37)46-40-16-7-9-20-44(40)51-48(41)46/h1-29H. The van der Waals surface area contributed by atoms with E-state index in [4.69, 9.17) is 4.42 Å². The van der Waals surface area contributed by atoms with Crippen molar-refractivity contribution < 1.29 is 4.42 Å². The lowest BCUT2D eigenvalue weighted by Crippen LogP contribution is -2.10. The highest BCUT2D eigenvalue weighted by Gasteiger charge is 2.20. The molecule has 2 aromatic heterocycles. The lowest BCUT2D eigenvalue weighted by molar-refractivity contribution is 0.669. The summed E-state index contributed by atoms with van der Waals surface area (Å²) in [5.41, 5.74) is 7.33. The van der Waals surface area contributed by atoms with Crippen LogP contribution in [0.15, 0.2) is 180 Å². The van der Waals surface area contributed by atoms with Crippen molar-refractivity contribution in [1.82, 2.24) is 0 Å². The number of nitrogens with zero attached hydrogens (tertiary/aromatic N) is 1. The average Bonchev–Trinajstić information content (AvgIpc) is 3.78. The number of para-hydroxylation sites is 3. The first-order chi connectivity index (χ1) is 25.3. The molecule has 0 aliphatic carbocycles. The Balaban J connectivity index is 1.05. The highest BCUT2D eigenvalue weighted by molar-refractivity contribution is 7.27. The first-order valence-electron chi connectivity index (χ1n) is 17.3. The van der Waals surface area contributed by atoms with Crippen molar-refractivity contribution in [3.05, 3.63) is 176 Å². The van der Waals surface area contributed by atoms with E-state index >= 15 is 0 Å².